The molecule has 1 amide bonds. The molecule has 0 N–H and O–H groups in total. The Hall–Kier alpha value is -2.69. The summed E-state index contributed by atoms with van der Waals surface area (Å²) >= 11 is 1.35. The highest BCUT2D eigenvalue weighted by Crippen LogP contribution is 2.30. The van der Waals surface area contributed by atoms with Crippen LogP contribution in [-0.2, 0) is 14.8 Å². The van der Waals surface area contributed by atoms with E-state index in [2.05, 4.69) is 17.1 Å². The molecule has 1 aliphatic heterocycles. The smallest absolute Gasteiger partial charge is 0.243 e. The van der Waals surface area contributed by atoms with Gasteiger partial charge in [-0.1, -0.05) is 55.9 Å². The zero-order valence-electron chi connectivity index (χ0n) is 21.0. The van der Waals surface area contributed by atoms with Crippen LogP contribution in [0, 0.1) is 0 Å². The third kappa shape index (κ3) is 5.50. The van der Waals surface area contributed by atoms with Crippen molar-refractivity contribution < 1.29 is 13.2 Å². The number of nitrogens with zero attached hydrogens (tertiary/aromatic N) is 5. The molecule has 0 aliphatic carbocycles. The molecule has 10 heteroatoms. The lowest BCUT2D eigenvalue weighted by molar-refractivity contribution is -0.131. The van der Waals surface area contributed by atoms with E-state index in [9.17, 15) is 13.2 Å². The van der Waals surface area contributed by atoms with Gasteiger partial charge in [0.15, 0.2) is 11.0 Å². The maximum Gasteiger partial charge on any atom is 0.243 e. The second-order valence-electron chi connectivity index (χ2n) is 8.81. The zero-order chi connectivity index (χ0) is 25.7. The van der Waals surface area contributed by atoms with Crippen molar-refractivity contribution >= 4 is 27.7 Å². The van der Waals surface area contributed by atoms with Crippen LogP contribution in [-0.4, -0.2) is 69.7 Å². The second kappa shape index (κ2) is 11.6. The van der Waals surface area contributed by atoms with Crippen molar-refractivity contribution in [1.29, 1.82) is 0 Å². The number of hydrogen-bond donors (Lipinski definition) is 0. The molecule has 4 rings (SSSR count). The minimum absolute atomic E-state index is 0.101. The van der Waals surface area contributed by atoms with E-state index >= 15 is 0 Å². The van der Waals surface area contributed by atoms with Crippen LogP contribution in [0.15, 0.2) is 64.6 Å². The molecule has 192 valence electrons. The quantitative estimate of drug-likeness (QED) is 0.382. The van der Waals surface area contributed by atoms with Crippen LogP contribution in [0.3, 0.4) is 0 Å². The van der Waals surface area contributed by atoms with Gasteiger partial charge in [0.1, 0.15) is 0 Å². The van der Waals surface area contributed by atoms with Crippen molar-refractivity contribution in [1.82, 2.24) is 24.0 Å². The topological polar surface area (TPSA) is 88.4 Å². The molecule has 3 aromatic rings. The Morgan fingerprint density at radius 1 is 1.06 bits per heavy atom. The number of thioether (sulfide) groups is 1. The number of aromatic nitrogens is 3. The lowest BCUT2D eigenvalue weighted by Crippen LogP contribution is -2.42. The van der Waals surface area contributed by atoms with E-state index in [-0.39, 0.29) is 22.6 Å². The van der Waals surface area contributed by atoms with Gasteiger partial charge in [0.25, 0.3) is 0 Å². The number of sulfonamides is 1. The number of likely N-dealkylation sites (tertiary alicyclic amines) is 1. The summed E-state index contributed by atoms with van der Waals surface area (Å²) in [7, 11) is -3.62. The highest BCUT2D eigenvalue weighted by Gasteiger charge is 2.26. The standard InChI is InChI=1S/C26H33N5O3S2/c1-4-29(5-2)36(33,34)23-16-11-13-21(18-23)25-27-28-26(31(25)22-14-7-6-8-15-22)35-19-24(32)30-17-10-9-12-20(30)3/h6-8,11,13-16,18,20H,4-5,9-10,12,17,19H2,1-3H3. The first kappa shape index (κ1) is 26.4. The number of amides is 1. The number of piperidine rings is 1. The summed E-state index contributed by atoms with van der Waals surface area (Å²) in [5, 5.41) is 9.43. The van der Waals surface area contributed by atoms with Gasteiger partial charge in [0.2, 0.25) is 15.9 Å². The Labute approximate surface area is 217 Å². The molecule has 2 aromatic carbocycles. The molecule has 0 bridgehead atoms. The van der Waals surface area contributed by atoms with Gasteiger partial charge in [-0.05, 0) is 50.5 Å². The van der Waals surface area contributed by atoms with Crippen LogP contribution in [0.2, 0.25) is 0 Å². The maximum absolute atomic E-state index is 13.1. The number of benzene rings is 2. The van der Waals surface area contributed by atoms with Crippen molar-refractivity contribution in [2.24, 2.45) is 0 Å². The lowest BCUT2D eigenvalue weighted by Gasteiger charge is -2.33. The average Bonchev–Trinajstić information content (AvgIpc) is 3.33. The third-order valence-electron chi connectivity index (χ3n) is 6.53. The zero-order valence-corrected chi connectivity index (χ0v) is 22.6. The Kier molecular flexibility index (Phi) is 8.48. The molecule has 0 saturated carbocycles. The van der Waals surface area contributed by atoms with Crippen LogP contribution in [0.5, 0.6) is 0 Å². The Morgan fingerprint density at radius 2 is 1.81 bits per heavy atom. The first-order chi connectivity index (χ1) is 17.4. The van der Waals surface area contributed by atoms with E-state index in [1.165, 1.54) is 16.1 Å². The third-order valence-corrected chi connectivity index (χ3v) is 9.49. The summed E-state index contributed by atoms with van der Waals surface area (Å²) in [4.78, 5) is 15.1. The van der Waals surface area contributed by atoms with Gasteiger partial charge >= 0.3 is 0 Å². The minimum atomic E-state index is -3.62. The van der Waals surface area contributed by atoms with Gasteiger partial charge in [-0.15, -0.1) is 10.2 Å². The Morgan fingerprint density at radius 3 is 2.50 bits per heavy atom. The first-order valence-corrected chi connectivity index (χ1v) is 14.8. The number of carbonyl (C=O) groups excluding carboxylic acids is 1. The lowest BCUT2D eigenvalue weighted by atomic mass is 10.0. The van der Waals surface area contributed by atoms with E-state index in [4.69, 9.17) is 0 Å². The highest BCUT2D eigenvalue weighted by molar-refractivity contribution is 7.99. The normalized spacial score (nSPS) is 16.4. The van der Waals surface area contributed by atoms with E-state index in [1.54, 1.807) is 18.2 Å². The van der Waals surface area contributed by atoms with E-state index in [0.29, 0.717) is 29.6 Å². The molecular weight excluding hydrogens is 494 g/mol. The molecule has 1 aromatic heterocycles. The highest BCUT2D eigenvalue weighted by atomic mass is 32.2. The Balaban J connectivity index is 1.68. The fourth-order valence-electron chi connectivity index (χ4n) is 4.55. The molecule has 8 nitrogen and oxygen atoms in total. The molecule has 2 heterocycles. The fourth-order valence-corrected chi connectivity index (χ4v) is 6.89. The van der Waals surface area contributed by atoms with Gasteiger partial charge in [-0.3, -0.25) is 9.36 Å². The van der Waals surface area contributed by atoms with Gasteiger partial charge < -0.3 is 4.90 Å². The molecule has 1 unspecified atom stereocenters. The minimum Gasteiger partial charge on any atom is -0.339 e. The van der Waals surface area contributed by atoms with Crippen LogP contribution in [0.4, 0.5) is 0 Å². The van der Waals surface area contributed by atoms with E-state index in [1.807, 2.05) is 59.7 Å². The van der Waals surface area contributed by atoms with Crippen molar-refractivity contribution in [3.63, 3.8) is 0 Å². The number of hydrogen-bond acceptors (Lipinski definition) is 6. The molecule has 0 spiro atoms. The predicted octanol–water partition coefficient (Wildman–Crippen LogP) is 4.46. The van der Waals surface area contributed by atoms with Crippen molar-refractivity contribution in [3.8, 4) is 17.1 Å². The number of para-hydroxylation sites is 1. The Bertz CT molecular complexity index is 1290. The predicted molar refractivity (Wildman–Crippen MR) is 143 cm³/mol. The van der Waals surface area contributed by atoms with Crippen molar-refractivity contribution in [2.75, 3.05) is 25.4 Å². The van der Waals surface area contributed by atoms with Crippen molar-refractivity contribution in [2.45, 2.75) is 56.1 Å². The summed E-state index contributed by atoms with van der Waals surface area (Å²) in [5.41, 5.74) is 1.48. The second-order valence-corrected chi connectivity index (χ2v) is 11.7. The first-order valence-electron chi connectivity index (χ1n) is 12.4. The summed E-state index contributed by atoms with van der Waals surface area (Å²) in [6, 6.07) is 16.7. The molecule has 0 radical (unpaired) electrons. The van der Waals surface area contributed by atoms with Gasteiger partial charge in [0.05, 0.1) is 10.6 Å². The fraction of sp³-hybridized carbons (Fsp3) is 0.423. The molecule has 1 fully saturated rings. The number of rotatable bonds is 9. The summed E-state index contributed by atoms with van der Waals surface area (Å²) in [5.74, 6) is 0.897. The van der Waals surface area contributed by atoms with E-state index in [0.717, 1.165) is 31.5 Å². The SMILES string of the molecule is CCN(CC)S(=O)(=O)c1cccc(-c2nnc(SCC(=O)N3CCCCC3C)n2-c2ccccc2)c1. The summed E-state index contributed by atoms with van der Waals surface area (Å²) in [6.45, 7) is 7.34. The number of carbonyl (C=O) groups is 1. The summed E-state index contributed by atoms with van der Waals surface area (Å²) < 4.78 is 29.6. The molecule has 36 heavy (non-hydrogen) atoms. The van der Waals surface area contributed by atoms with Gasteiger partial charge in [-0.25, -0.2) is 8.42 Å². The van der Waals surface area contributed by atoms with E-state index < -0.39 is 10.0 Å². The van der Waals surface area contributed by atoms with Crippen LogP contribution in [0.1, 0.15) is 40.0 Å². The maximum atomic E-state index is 13.1. The average molecular weight is 528 g/mol. The van der Waals surface area contributed by atoms with Gasteiger partial charge in [-0.2, -0.15) is 4.31 Å². The van der Waals surface area contributed by atoms with Crippen LogP contribution >= 0.6 is 11.8 Å². The molecule has 1 aliphatic rings. The molecular formula is C26H33N5O3S2. The van der Waals surface area contributed by atoms with Crippen LogP contribution in [0.25, 0.3) is 17.1 Å². The largest absolute Gasteiger partial charge is 0.339 e. The van der Waals surface area contributed by atoms with Crippen molar-refractivity contribution in [3.05, 3.63) is 54.6 Å². The monoisotopic (exact) mass is 527 g/mol. The molecule has 1 atom stereocenters. The van der Waals surface area contributed by atoms with Crippen LogP contribution < -0.4 is 0 Å². The van der Waals surface area contributed by atoms with Gasteiger partial charge in [0, 0.05) is 36.9 Å². The summed E-state index contributed by atoms with van der Waals surface area (Å²) in [6.07, 6.45) is 3.23. The molecule has 1 saturated heterocycles.